The molecule has 1 aromatic rings. The van der Waals surface area contributed by atoms with Crippen LogP contribution in [0.4, 0.5) is 10.1 Å². The summed E-state index contributed by atoms with van der Waals surface area (Å²) in [7, 11) is 0. The quantitative estimate of drug-likeness (QED) is 0.642. The van der Waals surface area contributed by atoms with E-state index in [0.717, 1.165) is 24.4 Å². The molecule has 1 N–H and O–H groups in total. The van der Waals surface area contributed by atoms with E-state index in [-0.39, 0.29) is 5.00 Å². The number of nitro groups is 1. The fourth-order valence-electron chi connectivity index (χ4n) is 2.34. The molecule has 1 unspecified atom stereocenters. The van der Waals surface area contributed by atoms with Crippen molar-refractivity contribution in [2.24, 2.45) is 5.92 Å². The lowest BCUT2D eigenvalue weighted by Gasteiger charge is -2.29. The molecule has 0 saturated carbocycles. The van der Waals surface area contributed by atoms with E-state index < -0.39 is 4.92 Å². The van der Waals surface area contributed by atoms with Crippen molar-refractivity contribution in [3.8, 4) is 0 Å². The predicted octanol–water partition coefficient (Wildman–Crippen LogP) is 2.59. The zero-order chi connectivity index (χ0) is 13.7. The van der Waals surface area contributed by atoms with E-state index in [1.165, 1.54) is 38.5 Å². The maximum absolute atomic E-state index is 10.6. The van der Waals surface area contributed by atoms with Crippen LogP contribution in [0.5, 0.6) is 0 Å². The number of rotatable bonds is 6. The van der Waals surface area contributed by atoms with Gasteiger partial charge in [-0.05, 0) is 43.2 Å². The molecule has 19 heavy (non-hydrogen) atoms. The molecule has 1 aliphatic rings. The highest BCUT2D eigenvalue weighted by molar-refractivity contribution is 7.18. The Morgan fingerprint density at radius 1 is 1.53 bits per heavy atom. The predicted molar refractivity (Wildman–Crippen MR) is 76.7 cm³/mol. The van der Waals surface area contributed by atoms with Crippen LogP contribution in [-0.4, -0.2) is 41.0 Å². The summed E-state index contributed by atoms with van der Waals surface area (Å²) in [5, 5.41) is 14.5. The zero-order valence-corrected chi connectivity index (χ0v) is 12.0. The van der Waals surface area contributed by atoms with E-state index in [0.29, 0.717) is 11.0 Å². The largest absolute Gasteiger partial charge is 0.361 e. The van der Waals surface area contributed by atoms with Crippen LogP contribution in [0.1, 0.15) is 26.2 Å². The van der Waals surface area contributed by atoms with E-state index in [9.17, 15) is 10.1 Å². The van der Waals surface area contributed by atoms with Gasteiger partial charge < -0.3 is 10.2 Å². The van der Waals surface area contributed by atoms with E-state index in [1.807, 2.05) is 0 Å². The van der Waals surface area contributed by atoms with Gasteiger partial charge in [0.2, 0.25) is 0 Å². The van der Waals surface area contributed by atoms with Gasteiger partial charge >= 0.3 is 5.00 Å². The molecule has 1 aliphatic heterocycles. The standard InChI is InChI=1S/C12H20N4O2S/c1-10(9-15-5-3-2-4-6-15)7-13-12-14-8-11(19-12)16(17)18/h8,10H,2-7,9H2,1H3,(H,13,14). The number of aromatic nitrogens is 1. The van der Waals surface area contributed by atoms with Crippen LogP contribution in [0.15, 0.2) is 6.20 Å². The molecule has 0 aromatic carbocycles. The number of nitrogens with zero attached hydrogens (tertiary/aromatic N) is 3. The first-order valence-corrected chi connectivity index (χ1v) is 7.53. The molecule has 2 rings (SSSR count). The van der Waals surface area contributed by atoms with Crippen molar-refractivity contribution in [1.29, 1.82) is 0 Å². The normalized spacial score (nSPS) is 18.2. The number of hydrogen-bond donors (Lipinski definition) is 1. The molecule has 0 bridgehead atoms. The second-order valence-corrected chi connectivity index (χ2v) is 6.12. The first-order chi connectivity index (χ1) is 9.15. The Hall–Kier alpha value is -1.21. The smallest absolute Gasteiger partial charge is 0.345 e. The Bertz CT molecular complexity index is 418. The van der Waals surface area contributed by atoms with E-state index in [4.69, 9.17) is 0 Å². The number of nitrogens with one attached hydrogen (secondary N) is 1. The first-order valence-electron chi connectivity index (χ1n) is 6.71. The SMILES string of the molecule is CC(CNc1ncc([N+](=O)[O-])s1)CN1CCCCC1. The van der Waals surface area contributed by atoms with Crippen molar-refractivity contribution in [3.63, 3.8) is 0 Å². The third-order valence-electron chi connectivity index (χ3n) is 3.29. The fraction of sp³-hybridized carbons (Fsp3) is 0.750. The van der Waals surface area contributed by atoms with Crippen LogP contribution in [-0.2, 0) is 0 Å². The highest BCUT2D eigenvalue weighted by atomic mass is 32.1. The zero-order valence-electron chi connectivity index (χ0n) is 11.2. The van der Waals surface area contributed by atoms with E-state index in [1.54, 1.807) is 0 Å². The van der Waals surface area contributed by atoms with E-state index in [2.05, 4.69) is 22.1 Å². The average Bonchev–Trinajstić information content (AvgIpc) is 2.86. The Morgan fingerprint density at radius 2 is 2.26 bits per heavy atom. The first kappa shape index (κ1) is 14.2. The van der Waals surface area contributed by atoms with Crippen molar-refractivity contribution < 1.29 is 4.92 Å². The van der Waals surface area contributed by atoms with Gasteiger partial charge in [0, 0.05) is 13.1 Å². The number of thiazole rings is 1. The summed E-state index contributed by atoms with van der Waals surface area (Å²) in [6.07, 6.45) is 5.27. The number of hydrogen-bond acceptors (Lipinski definition) is 6. The third-order valence-corrected chi connectivity index (χ3v) is 4.20. The Morgan fingerprint density at radius 3 is 2.89 bits per heavy atom. The van der Waals surface area contributed by atoms with Gasteiger partial charge in [0.15, 0.2) is 5.13 Å². The summed E-state index contributed by atoms with van der Waals surface area (Å²) in [4.78, 5) is 16.7. The topological polar surface area (TPSA) is 71.3 Å². The van der Waals surface area contributed by atoms with Gasteiger partial charge in [0.05, 0.1) is 4.92 Å². The van der Waals surface area contributed by atoms with E-state index >= 15 is 0 Å². The molecule has 0 amide bonds. The molecule has 106 valence electrons. The average molecular weight is 284 g/mol. The molecule has 1 saturated heterocycles. The molecule has 0 spiro atoms. The molecular weight excluding hydrogens is 264 g/mol. The summed E-state index contributed by atoms with van der Waals surface area (Å²) in [6, 6.07) is 0. The number of anilines is 1. The lowest BCUT2D eigenvalue weighted by Crippen LogP contribution is -2.35. The molecule has 1 aromatic heterocycles. The third kappa shape index (κ3) is 4.43. The van der Waals surface area contributed by atoms with Crippen molar-refractivity contribution >= 4 is 21.5 Å². The number of piperidine rings is 1. The van der Waals surface area contributed by atoms with Crippen molar-refractivity contribution in [3.05, 3.63) is 16.3 Å². The van der Waals surface area contributed by atoms with Crippen LogP contribution >= 0.6 is 11.3 Å². The van der Waals surface area contributed by atoms with Gasteiger partial charge in [-0.3, -0.25) is 10.1 Å². The molecule has 1 atom stereocenters. The minimum absolute atomic E-state index is 0.0891. The number of likely N-dealkylation sites (tertiary alicyclic amines) is 1. The second kappa shape index (κ2) is 6.81. The molecule has 0 aliphatic carbocycles. The maximum Gasteiger partial charge on any atom is 0.345 e. The van der Waals surface area contributed by atoms with Crippen molar-refractivity contribution in [2.75, 3.05) is 31.5 Å². The van der Waals surface area contributed by atoms with Crippen LogP contribution in [0.25, 0.3) is 0 Å². The summed E-state index contributed by atoms with van der Waals surface area (Å²) >= 11 is 1.09. The summed E-state index contributed by atoms with van der Waals surface area (Å²) in [5.74, 6) is 0.515. The highest BCUT2D eigenvalue weighted by Crippen LogP contribution is 2.25. The van der Waals surface area contributed by atoms with Gasteiger partial charge in [-0.15, -0.1) is 0 Å². The highest BCUT2D eigenvalue weighted by Gasteiger charge is 2.15. The maximum atomic E-state index is 10.6. The van der Waals surface area contributed by atoms with Crippen LogP contribution in [0.3, 0.4) is 0 Å². The Balaban J connectivity index is 1.72. The van der Waals surface area contributed by atoms with Crippen LogP contribution in [0.2, 0.25) is 0 Å². The summed E-state index contributed by atoms with van der Waals surface area (Å²) in [5.41, 5.74) is 0. The lowest BCUT2D eigenvalue weighted by atomic mass is 10.1. The minimum Gasteiger partial charge on any atom is -0.361 e. The monoisotopic (exact) mass is 284 g/mol. The summed E-state index contributed by atoms with van der Waals surface area (Å²) < 4.78 is 0. The van der Waals surface area contributed by atoms with Crippen LogP contribution in [0, 0.1) is 16.0 Å². The van der Waals surface area contributed by atoms with Gasteiger partial charge in [-0.25, -0.2) is 4.98 Å². The van der Waals surface area contributed by atoms with Crippen molar-refractivity contribution in [2.45, 2.75) is 26.2 Å². The fourth-order valence-corrected chi connectivity index (χ4v) is 2.98. The Kier molecular flexibility index (Phi) is 5.09. The molecule has 2 heterocycles. The van der Waals surface area contributed by atoms with Gasteiger partial charge in [0.1, 0.15) is 6.20 Å². The van der Waals surface area contributed by atoms with Crippen molar-refractivity contribution in [1.82, 2.24) is 9.88 Å². The molecule has 6 nitrogen and oxygen atoms in total. The van der Waals surface area contributed by atoms with Gasteiger partial charge in [-0.2, -0.15) is 0 Å². The minimum atomic E-state index is -0.403. The molecule has 7 heteroatoms. The van der Waals surface area contributed by atoms with Gasteiger partial charge in [-0.1, -0.05) is 13.3 Å². The molecule has 0 radical (unpaired) electrons. The molecular formula is C12H20N4O2S. The molecule has 1 fully saturated rings. The van der Waals surface area contributed by atoms with Gasteiger partial charge in [0.25, 0.3) is 0 Å². The Labute approximate surface area is 117 Å². The lowest BCUT2D eigenvalue weighted by molar-refractivity contribution is -0.380. The summed E-state index contributed by atoms with van der Waals surface area (Å²) in [6.45, 7) is 6.49. The second-order valence-electron chi connectivity index (χ2n) is 5.11. The van der Waals surface area contributed by atoms with Crippen LogP contribution < -0.4 is 5.32 Å².